The van der Waals surface area contributed by atoms with Gasteiger partial charge in [0.15, 0.2) is 0 Å². The van der Waals surface area contributed by atoms with Crippen molar-refractivity contribution < 1.29 is 19.8 Å². The summed E-state index contributed by atoms with van der Waals surface area (Å²) in [4.78, 5) is 27.4. The maximum Gasteiger partial charge on any atom is 0.319 e. The molecule has 0 radical (unpaired) electrons. The summed E-state index contributed by atoms with van der Waals surface area (Å²) in [5.74, 6) is 0.441. The molecule has 0 aliphatic carbocycles. The van der Waals surface area contributed by atoms with Crippen molar-refractivity contribution in [3.63, 3.8) is 0 Å². The minimum Gasteiger partial charge on any atom is -0.379 e. The Balaban J connectivity index is 1.96. The van der Waals surface area contributed by atoms with Crippen molar-refractivity contribution in [3.05, 3.63) is 65.2 Å². The zero-order valence-electron chi connectivity index (χ0n) is 24.4. The highest BCUT2D eigenvalue weighted by Crippen LogP contribution is 2.32. The van der Waals surface area contributed by atoms with Gasteiger partial charge in [0.25, 0.3) is 0 Å². The number of hydrogen-bond donors (Lipinski definition) is 5. The van der Waals surface area contributed by atoms with Crippen LogP contribution in [-0.2, 0) is 4.79 Å². The highest BCUT2D eigenvalue weighted by Gasteiger charge is 2.19. The summed E-state index contributed by atoms with van der Waals surface area (Å²) in [5, 5.41) is 28.6. The lowest BCUT2D eigenvalue weighted by Crippen LogP contribution is -2.40. The Bertz CT molecular complexity index is 990. The minimum absolute atomic E-state index is 0.0822. The van der Waals surface area contributed by atoms with E-state index in [9.17, 15) is 19.8 Å². The van der Waals surface area contributed by atoms with Crippen molar-refractivity contribution in [2.24, 2.45) is 0 Å². The van der Waals surface area contributed by atoms with E-state index < -0.39 is 12.5 Å². The standard InChI is InChI=1S/C31H48N4O4/c1-21(2)26-16-13-17-27(22(3)4)30(26)34-31(39)32-20-28(25-14-9-7-10-15-25)33-29(38)18-11-8-12-19-35(23(5)36)24(6)37/h7,9-10,13-17,21-24,28,36-37H,8,11-12,18-20H2,1-6H3,(H,33,38)(H2,32,34,39). The summed E-state index contributed by atoms with van der Waals surface area (Å²) in [6.07, 6.45) is 1.18. The molecule has 0 aliphatic heterocycles. The van der Waals surface area contributed by atoms with Gasteiger partial charge in [0.2, 0.25) is 5.91 Å². The number of para-hydroxylation sites is 1. The number of carbonyl (C=O) groups excluding carboxylic acids is 2. The van der Waals surface area contributed by atoms with Crippen LogP contribution in [0.5, 0.6) is 0 Å². The molecule has 0 bridgehead atoms. The first-order valence-corrected chi connectivity index (χ1v) is 14.1. The number of amides is 3. The number of anilines is 1. The molecule has 3 amide bonds. The highest BCUT2D eigenvalue weighted by molar-refractivity contribution is 5.91. The van der Waals surface area contributed by atoms with Crippen molar-refractivity contribution in [3.8, 4) is 0 Å². The second-order valence-corrected chi connectivity index (χ2v) is 10.8. The lowest BCUT2D eigenvalue weighted by molar-refractivity contribution is -0.122. The van der Waals surface area contributed by atoms with Crippen molar-refractivity contribution in [1.82, 2.24) is 15.5 Å². The Morgan fingerprint density at radius 3 is 1.92 bits per heavy atom. The lowest BCUT2D eigenvalue weighted by atomic mass is 9.93. The zero-order valence-corrected chi connectivity index (χ0v) is 24.4. The van der Waals surface area contributed by atoms with Crippen LogP contribution < -0.4 is 16.0 Å². The quantitative estimate of drug-likeness (QED) is 0.152. The molecule has 3 unspecified atom stereocenters. The molecule has 2 aromatic rings. The predicted molar refractivity (Wildman–Crippen MR) is 158 cm³/mol. The molecule has 216 valence electrons. The first-order valence-electron chi connectivity index (χ1n) is 14.1. The molecule has 0 fully saturated rings. The number of nitrogens with zero attached hydrogens (tertiary/aromatic N) is 1. The van der Waals surface area contributed by atoms with Crippen molar-refractivity contribution >= 4 is 17.6 Å². The van der Waals surface area contributed by atoms with E-state index in [2.05, 4.69) is 43.6 Å². The molecule has 3 atom stereocenters. The summed E-state index contributed by atoms with van der Waals surface area (Å²) in [6.45, 7) is 12.5. The Morgan fingerprint density at radius 1 is 0.795 bits per heavy atom. The summed E-state index contributed by atoms with van der Waals surface area (Å²) in [7, 11) is 0. The SMILES string of the molecule is CC(C)c1cccc(C(C)C)c1NC(=O)NCC(NC(=O)CCCCCN(C(C)O)C(C)O)c1ccccc1. The number of aliphatic hydroxyl groups is 2. The van der Waals surface area contributed by atoms with Crippen LogP contribution in [0, 0.1) is 0 Å². The molecule has 2 rings (SSSR count). The van der Waals surface area contributed by atoms with E-state index in [-0.39, 0.29) is 36.4 Å². The van der Waals surface area contributed by atoms with E-state index in [0.29, 0.717) is 19.4 Å². The average Bonchev–Trinajstić information content (AvgIpc) is 2.88. The third-order valence-corrected chi connectivity index (χ3v) is 6.90. The van der Waals surface area contributed by atoms with Gasteiger partial charge in [0, 0.05) is 25.2 Å². The van der Waals surface area contributed by atoms with Crippen LogP contribution in [0.4, 0.5) is 10.5 Å². The molecular formula is C31H48N4O4. The third-order valence-electron chi connectivity index (χ3n) is 6.90. The fourth-order valence-corrected chi connectivity index (χ4v) is 4.69. The van der Waals surface area contributed by atoms with Crippen LogP contribution in [0.25, 0.3) is 0 Å². The lowest BCUT2D eigenvalue weighted by Gasteiger charge is -2.27. The Labute approximate surface area is 234 Å². The molecule has 0 spiro atoms. The predicted octanol–water partition coefficient (Wildman–Crippen LogP) is 5.45. The molecule has 2 aromatic carbocycles. The minimum atomic E-state index is -0.722. The van der Waals surface area contributed by atoms with Crippen LogP contribution >= 0.6 is 0 Å². The number of unbranched alkanes of at least 4 members (excludes halogenated alkanes) is 2. The van der Waals surface area contributed by atoms with Crippen molar-refractivity contribution in [2.45, 2.75) is 97.6 Å². The van der Waals surface area contributed by atoms with E-state index in [1.807, 2.05) is 48.5 Å². The van der Waals surface area contributed by atoms with Crippen molar-refractivity contribution in [1.29, 1.82) is 0 Å². The molecule has 8 nitrogen and oxygen atoms in total. The van der Waals surface area contributed by atoms with Crippen LogP contribution in [0.3, 0.4) is 0 Å². The fraction of sp³-hybridized carbons (Fsp3) is 0.548. The van der Waals surface area contributed by atoms with Crippen LogP contribution in [0.2, 0.25) is 0 Å². The van der Waals surface area contributed by atoms with Crippen LogP contribution in [-0.4, -0.2) is 52.6 Å². The molecule has 39 heavy (non-hydrogen) atoms. The van der Waals surface area contributed by atoms with Gasteiger partial charge in [-0.2, -0.15) is 0 Å². The van der Waals surface area contributed by atoms with Gasteiger partial charge in [-0.3, -0.25) is 9.69 Å². The first kappa shape index (κ1) is 32.3. The first-order chi connectivity index (χ1) is 18.5. The third kappa shape index (κ3) is 10.6. The molecule has 5 N–H and O–H groups in total. The normalized spacial score (nSPS) is 13.8. The van der Waals surface area contributed by atoms with E-state index >= 15 is 0 Å². The maximum atomic E-state index is 13.0. The number of rotatable bonds is 15. The topological polar surface area (TPSA) is 114 Å². The molecule has 0 saturated carbocycles. The number of nitrogens with one attached hydrogen (secondary N) is 3. The van der Waals surface area contributed by atoms with E-state index in [1.54, 1.807) is 18.7 Å². The van der Waals surface area contributed by atoms with Gasteiger partial charge in [0.05, 0.1) is 6.04 Å². The highest BCUT2D eigenvalue weighted by atomic mass is 16.3. The number of benzene rings is 2. The molecule has 0 heterocycles. The molecule has 0 saturated heterocycles. The van der Waals surface area contributed by atoms with Gasteiger partial charge in [0.1, 0.15) is 12.5 Å². The van der Waals surface area contributed by atoms with Gasteiger partial charge in [-0.1, -0.05) is 82.6 Å². The molecule has 8 heteroatoms. The number of carbonyl (C=O) groups is 2. The van der Waals surface area contributed by atoms with Crippen molar-refractivity contribution in [2.75, 3.05) is 18.4 Å². The second-order valence-electron chi connectivity index (χ2n) is 10.8. The van der Waals surface area contributed by atoms with Gasteiger partial charge in [-0.15, -0.1) is 0 Å². The Hall–Kier alpha value is -2.94. The van der Waals surface area contributed by atoms with Crippen LogP contribution in [0.15, 0.2) is 48.5 Å². The van der Waals surface area contributed by atoms with Crippen LogP contribution in [0.1, 0.15) is 102 Å². The summed E-state index contributed by atoms with van der Waals surface area (Å²) < 4.78 is 0. The fourth-order valence-electron chi connectivity index (χ4n) is 4.69. The Kier molecular flexibility index (Phi) is 13.4. The Morgan fingerprint density at radius 2 is 1.38 bits per heavy atom. The molecule has 0 aromatic heterocycles. The van der Waals surface area contributed by atoms with Gasteiger partial charge < -0.3 is 26.2 Å². The summed E-state index contributed by atoms with van der Waals surface area (Å²) >= 11 is 0. The number of hydrogen-bond acceptors (Lipinski definition) is 5. The summed E-state index contributed by atoms with van der Waals surface area (Å²) in [5.41, 5.74) is 3.95. The number of aliphatic hydroxyl groups excluding tert-OH is 2. The zero-order chi connectivity index (χ0) is 28.9. The van der Waals surface area contributed by atoms with E-state index in [1.165, 1.54) is 0 Å². The number of urea groups is 1. The smallest absolute Gasteiger partial charge is 0.319 e. The van der Waals surface area contributed by atoms with E-state index in [0.717, 1.165) is 35.2 Å². The average molecular weight is 541 g/mol. The molecular weight excluding hydrogens is 492 g/mol. The van der Waals surface area contributed by atoms with Gasteiger partial charge in [-0.25, -0.2) is 4.79 Å². The molecule has 0 aliphatic rings. The van der Waals surface area contributed by atoms with Gasteiger partial charge in [-0.05, 0) is 55.2 Å². The second kappa shape index (κ2) is 16.2. The van der Waals surface area contributed by atoms with E-state index in [4.69, 9.17) is 0 Å². The maximum absolute atomic E-state index is 13.0. The summed E-state index contributed by atoms with van der Waals surface area (Å²) in [6, 6.07) is 15.1. The monoisotopic (exact) mass is 540 g/mol. The largest absolute Gasteiger partial charge is 0.379 e. The van der Waals surface area contributed by atoms with Gasteiger partial charge >= 0.3 is 6.03 Å².